The highest BCUT2D eigenvalue weighted by molar-refractivity contribution is 7.93. The first-order chi connectivity index (χ1) is 11.1. The van der Waals surface area contributed by atoms with Gasteiger partial charge in [0.1, 0.15) is 6.04 Å². The van der Waals surface area contributed by atoms with Gasteiger partial charge in [-0.15, -0.1) is 0 Å². The number of hydrogen-bond acceptors (Lipinski definition) is 3. The molecular formula is C15H11Cl4NO3S. The molecule has 24 heavy (non-hydrogen) atoms. The van der Waals surface area contributed by atoms with Crippen LogP contribution in [0.1, 0.15) is 6.92 Å². The molecule has 0 radical (unpaired) electrons. The summed E-state index contributed by atoms with van der Waals surface area (Å²) in [4.78, 5) is 11.5. The topological polar surface area (TPSA) is 54.5 Å². The summed E-state index contributed by atoms with van der Waals surface area (Å²) in [6.07, 6.45) is 0. The molecule has 0 saturated heterocycles. The first-order valence-corrected chi connectivity index (χ1v) is 9.54. The summed E-state index contributed by atoms with van der Waals surface area (Å²) < 4.78 is 26.9. The van der Waals surface area contributed by atoms with E-state index in [4.69, 9.17) is 46.4 Å². The summed E-state index contributed by atoms with van der Waals surface area (Å²) >= 11 is 23.2. The molecule has 0 N–H and O–H groups in total. The van der Waals surface area contributed by atoms with Crippen LogP contribution in [0.2, 0.25) is 15.1 Å². The minimum atomic E-state index is -4.13. The van der Waals surface area contributed by atoms with E-state index in [1.807, 2.05) is 0 Å². The van der Waals surface area contributed by atoms with Crippen LogP contribution in [-0.2, 0) is 14.8 Å². The van der Waals surface area contributed by atoms with Crippen molar-refractivity contribution < 1.29 is 13.2 Å². The molecule has 0 spiro atoms. The zero-order chi connectivity index (χ0) is 18.1. The van der Waals surface area contributed by atoms with E-state index in [9.17, 15) is 13.2 Å². The van der Waals surface area contributed by atoms with Gasteiger partial charge in [-0.2, -0.15) is 0 Å². The third-order valence-corrected chi connectivity index (χ3v) is 6.38. The normalized spacial score (nSPS) is 12.7. The third-order valence-electron chi connectivity index (χ3n) is 3.19. The highest BCUT2D eigenvalue weighted by Crippen LogP contribution is 2.31. The first-order valence-electron chi connectivity index (χ1n) is 6.59. The van der Waals surface area contributed by atoms with Gasteiger partial charge in [-0.25, -0.2) is 8.42 Å². The van der Waals surface area contributed by atoms with Crippen molar-refractivity contribution in [3.8, 4) is 0 Å². The van der Waals surface area contributed by atoms with Gasteiger partial charge in [0.15, 0.2) is 0 Å². The van der Waals surface area contributed by atoms with Crippen LogP contribution in [-0.4, -0.2) is 19.7 Å². The molecule has 4 nitrogen and oxygen atoms in total. The summed E-state index contributed by atoms with van der Waals surface area (Å²) in [6, 6.07) is 8.81. The fourth-order valence-corrected chi connectivity index (χ4v) is 4.37. The molecule has 0 bridgehead atoms. The first kappa shape index (κ1) is 19.3. The molecule has 0 aliphatic heterocycles. The van der Waals surface area contributed by atoms with Gasteiger partial charge in [0, 0.05) is 5.02 Å². The molecule has 0 aliphatic rings. The number of rotatable bonds is 5. The summed E-state index contributed by atoms with van der Waals surface area (Å²) in [5.74, 6) is 0. The van der Waals surface area contributed by atoms with Crippen molar-refractivity contribution in [3.63, 3.8) is 0 Å². The second kappa shape index (κ2) is 7.50. The predicted molar refractivity (Wildman–Crippen MR) is 97.9 cm³/mol. The number of carbonyl (C=O) groups excluding carboxylic acids is 1. The van der Waals surface area contributed by atoms with E-state index in [-0.39, 0.29) is 20.6 Å². The Hall–Kier alpha value is -0.980. The standard InChI is InChI=1S/C15H11Cl4NO3S/c1-9(15(19)21)20(11-4-2-3-10(16)7-11)24(22,23)12-5-6-13(17)14(18)8-12/h2-9H,1H3. The number of nitrogens with zero attached hydrogens (tertiary/aromatic N) is 1. The van der Waals surface area contributed by atoms with Crippen molar-refractivity contribution in [2.24, 2.45) is 0 Å². The average molecular weight is 427 g/mol. The molecule has 0 amide bonds. The Morgan fingerprint density at radius 2 is 1.71 bits per heavy atom. The van der Waals surface area contributed by atoms with Crippen LogP contribution in [0.5, 0.6) is 0 Å². The van der Waals surface area contributed by atoms with Gasteiger partial charge in [0.2, 0.25) is 5.24 Å². The number of hydrogen-bond donors (Lipinski definition) is 0. The minimum Gasteiger partial charge on any atom is -0.279 e. The highest BCUT2D eigenvalue weighted by Gasteiger charge is 2.33. The minimum absolute atomic E-state index is 0.0774. The maximum atomic E-state index is 13.0. The quantitative estimate of drug-likeness (QED) is 0.632. The lowest BCUT2D eigenvalue weighted by Gasteiger charge is -2.28. The van der Waals surface area contributed by atoms with Crippen molar-refractivity contribution in [1.29, 1.82) is 0 Å². The van der Waals surface area contributed by atoms with Gasteiger partial charge in [-0.1, -0.05) is 40.9 Å². The molecule has 1 unspecified atom stereocenters. The molecule has 2 rings (SSSR count). The van der Waals surface area contributed by atoms with Crippen molar-refractivity contribution in [2.75, 3.05) is 4.31 Å². The Morgan fingerprint density at radius 3 is 2.25 bits per heavy atom. The number of halogens is 4. The van der Waals surface area contributed by atoms with Crippen LogP contribution in [0.3, 0.4) is 0 Å². The largest absolute Gasteiger partial charge is 0.279 e. The Bertz CT molecular complexity index is 886. The molecule has 0 saturated carbocycles. The average Bonchev–Trinajstić information content (AvgIpc) is 2.49. The number of benzene rings is 2. The lowest BCUT2D eigenvalue weighted by Crippen LogP contribution is -2.42. The van der Waals surface area contributed by atoms with E-state index in [1.165, 1.54) is 37.3 Å². The van der Waals surface area contributed by atoms with E-state index in [0.717, 1.165) is 4.31 Å². The lowest BCUT2D eigenvalue weighted by atomic mass is 10.3. The zero-order valence-corrected chi connectivity index (χ0v) is 16.1. The molecule has 128 valence electrons. The Kier molecular flexibility index (Phi) is 6.04. The van der Waals surface area contributed by atoms with Crippen molar-refractivity contribution in [2.45, 2.75) is 17.9 Å². The van der Waals surface area contributed by atoms with Gasteiger partial charge in [0.05, 0.1) is 20.6 Å². The summed E-state index contributed by atoms with van der Waals surface area (Å²) in [7, 11) is -4.13. The van der Waals surface area contributed by atoms with Gasteiger partial charge in [0.25, 0.3) is 10.0 Å². The second-order valence-corrected chi connectivity index (χ2v) is 8.28. The fraction of sp³-hybridized carbons (Fsp3) is 0.133. The smallest absolute Gasteiger partial charge is 0.265 e. The molecule has 1 atom stereocenters. The fourth-order valence-electron chi connectivity index (χ4n) is 2.03. The SMILES string of the molecule is CC(C(=O)Cl)N(c1cccc(Cl)c1)S(=O)(=O)c1ccc(Cl)c(Cl)c1. The molecule has 0 aromatic heterocycles. The molecule has 2 aromatic carbocycles. The van der Waals surface area contributed by atoms with Crippen LogP contribution >= 0.6 is 46.4 Å². The lowest BCUT2D eigenvalue weighted by molar-refractivity contribution is -0.112. The Labute approximate surface area is 159 Å². The van der Waals surface area contributed by atoms with Gasteiger partial charge < -0.3 is 0 Å². The van der Waals surface area contributed by atoms with Crippen LogP contribution in [0.15, 0.2) is 47.4 Å². The summed E-state index contributed by atoms with van der Waals surface area (Å²) in [5.41, 5.74) is 0.204. The van der Waals surface area contributed by atoms with Gasteiger partial charge in [-0.05, 0) is 54.9 Å². The van der Waals surface area contributed by atoms with E-state index in [1.54, 1.807) is 12.1 Å². The van der Waals surface area contributed by atoms with E-state index in [2.05, 4.69) is 0 Å². The molecule has 0 heterocycles. The van der Waals surface area contributed by atoms with E-state index >= 15 is 0 Å². The maximum Gasteiger partial charge on any atom is 0.265 e. The molecule has 9 heteroatoms. The van der Waals surface area contributed by atoms with Crippen LogP contribution in [0.4, 0.5) is 5.69 Å². The zero-order valence-electron chi connectivity index (χ0n) is 12.2. The highest BCUT2D eigenvalue weighted by atomic mass is 35.5. The number of carbonyl (C=O) groups is 1. The summed E-state index contributed by atoms with van der Waals surface area (Å²) in [6.45, 7) is 1.38. The third kappa shape index (κ3) is 3.98. The predicted octanol–water partition coefficient (Wildman–Crippen LogP) is 5.00. The Morgan fingerprint density at radius 1 is 1.04 bits per heavy atom. The van der Waals surface area contributed by atoms with Crippen molar-refractivity contribution in [3.05, 3.63) is 57.5 Å². The molecule has 2 aromatic rings. The summed E-state index contributed by atoms with van der Waals surface area (Å²) in [5, 5.41) is -0.227. The van der Waals surface area contributed by atoms with E-state index in [0.29, 0.717) is 5.02 Å². The number of sulfonamides is 1. The second-order valence-electron chi connectivity index (χ2n) is 4.84. The van der Waals surface area contributed by atoms with Crippen LogP contribution in [0.25, 0.3) is 0 Å². The van der Waals surface area contributed by atoms with Gasteiger partial charge >= 0.3 is 0 Å². The molecule has 0 aliphatic carbocycles. The molecule has 0 fully saturated rings. The Balaban J connectivity index is 2.65. The van der Waals surface area contributed by atoms with Gasteiger partial charge in [-0.3, -0.25) is 9.10 Å². The van der Waals surface area contributed by atoms with E-state index < -0.39 is 21.3 Å². The maximum absolute atomic E-state index is 13.0. The van der Waals surface area contributed by atoms with Crippen LogP contribution < -0.4 is 4.31 Å². The van der Waals surface area contributed by atoms with Crippen molar-refractivity contribution in [1.82, 2.24) is 0 Å². The number of anilines is 1. The van der Waals surface area contributed by atoms with Crippen LogP contribution in [0, 0.1) is 0 Å². The monoisotopic (exact) mass is 425 g/mol. The molecular weight excluding hydrogens is 416 g/mol. The van der Waals surface area contributed by atoms with Crippen molar-refractivity contribution >= 4 is 67.4 Å².